The lowest BCUT2D eigenvalue weighted by Crippen LogP contribution is -2.54. The molecule has 3 N–H and O–H groups in total. The molecule has 2 aromatic carbocycles. The highest BCUT2D eigenvalue weighted by Crippen LogP contribution is 2.42. The third-order valence-corrected chi connectivity index (χ3v) is 7.59. The van der Waals surface area contributed by atoms with Crippen molar-refractivity contribution in [1.29, 1.82) is 0 Å². The van der Waals surface area contributed by atoms with Crippen molar-refractivity contribution in [1.82, 2.24) is 14.8 Å². The number of alkyl halides is 2. The number of benzene rings is 2. The summed E-state index contributed by atoms with van der Waals surface area (Å²) in [6.07, 6.45) is 1.25. The zero-order valence-corrected chi connectivity index (χ0v) is 20.9. The van der Waals surface area contributed by atoms with E-state index in [2.05, 4.69) is 21.3 Å². The first-order valence-corrected chi connectivity index (χ1v) is 12.8. The van der Waals surface area contributed by atoms with Gasteiger partial charge in [-0.1, -0.05) is 24.3 Å². The van der Waals surface area contributed by atoms with Crippen LogP contribution in [0.1, 0.15) is 43.1 Å². The first-order valence-electron chi connectivity index (χ1n) is 12.8. The SMILES string of the molecule is C[C@@H]1Cc2c([nH]c3ccccc23)[C@@H](c2ccc(NC3CN(CCCF)C3)cc2F)N1C[C@](C)(F)CO. The molecule has 194 valence electrons. The van der Waals surface area contributed by atoms with Crippen molar-refractivity contribution in [2.24, 2.45) is 0 Å². The Kier molecular flexibility index (Phi) is 7.03. The third-order valence-electron chi connectivity index (χ3n) is 7.59. The number of H-pyrrole nitrogens is 1. The molecule has 36 heavy (non-hydrogen) atoms. The van der Waals surface area contributed by atoms with Crippen molar-refractivity contribution in [3.63, 3.8) is 0 Å². The number of aromatic amines is 1. The van der Waals surface area contributed by atoms with Crippen LogP contribution in [0.4, 0.5) is 18.9 Å². The first kappa shape index (κ1) is 25.1. The standard InChI is InChI=1S/C28H35F3N4O/c1-18-12-23-21-6-3-4-7-25(21)33-26(23)27(35(18)16-28(2,31)17-36)22-9-8-19(13-24(22)30)32-20-14-34(15-20)11-5-10-29/h3-4,6-9,13,18,20,27,32-33,36H,5,10-12,14-17H2,1-2H3/t18-,27-,28+/m1/s1. The molecule has 3 heterocycles. The van der Waals surface area contributed by atoms with Gasteiger partial charge in [0.1, 0.15) is 11.5 Å². The number of anilines is 1. The average Bonchev–Trinajstić information content (AvgIpc) is 3.19. The molecule has 8 heteroatoms. The number of aromatic nitrogens is 1. The van der Waals surface area contributed by atoms with Crippen molar-refractivity contribution in [3.8, 4) is 0 Å². The monoisotopic (exact) mass is 500 g/mol. The molecular formula is C28H35F3N4O. The topological polar surface area (TPSA) is 54.5 Å². The largest absolute Gasteiger partial charge is 0.393 e. The number of hydrogen-bond acceptors (Lipinski definition) is 4. The van der Waals surface area contributed by atoms with E-state index in [1.807, 2.05) is 36.1 Å². The minimum absolute atomic E-state index is 0.0135. The highest BCUT2D eigenvalue weighted by Gasteiger charge is 2.40. The molecule has 1 saturated heterocycles. The summed E-state index contributed by atoms with van der Waals surface area (Å²) in [4.78, 5) is 7.63. The molecule has 3 aromatic rings. The van der Waals surface area contributed by atoms with Gasteiger partial charge in [0.25, 0.3) is 0 Å². The molecule has 2 aliphatic heterocycles. The van der Waals surface area contributed by atoms with Gasteiger partial charge in [-0.05, 0) is 50.5 Å². The van der Waals surface area contributed by atoms with Crippen molar-refractivity contribution >= 4 is 16.6 Å². The van der Waals surface area contributed by atoms with E-state index >= 15 is 8.78 Å². The smallest absolute Gasteiger partial charge is 0.143 e. The van der Waals surface area contributed by atoms with Gasteiger partial charge >= 0.3 is 0 Å². The molecule has 3 atom stereocenters. The molecule has 0 amide bonds. The molecule has 1 fully saturated rings. The predicted octanol–water partition coefficient (Wildman–Crippen LogP) is 4.82. The van der Waals surface area contributed by atoms with E-state index in [1.165, 1.54) is 13.0 Å². The van der Waals surface area contributed by atoms with Gasteiger partial charge in [-0.15, -0.1) is 0 Å². The summed E-state index contributed by atoms with van der Waals surface area (Å²) in [6.45, 7) is 4.86. The van der Waals surface area contributed by atoms with Gasteiger partial charge in [0, 0.05) is 60.1 Å². The maximum atomic E-state index is 15.7. The number of nitrogens with zero attached hydrogens (tertiary/aromatic N) is 2. The summed E-state index contributed by atoms with van der Waals surface area (Å²) < 4.78 is 43.2. The van der Waals surface area contributed by atoms with E-state index in [1.54, 1.807) is 6.07 Å². The first-order chi connectivity index (χ1) is 17.3. The van der Waals surface area contributed by atoms with Crippen LogP contribution in [0.25, 0.3) is 10.9 Å². The minimum atomic E-state index is -1.81. The molecule has 1 aromatic heterocycles. The molecule has 0 unspecified atom stereocenters. The van der Waals surface area contributed by atoms with E-state index in [0.717, 1.165) is 41.8 Å². The predicted molar refractivity (Wildman–Crippen MR) is 137 cm³/mol. The van der Waals surface area contributed by atoms with Crippen LogP contribution in [-0.4, -0.2) is 77.1 Å². The second kappa shape index (κ2) is 10.1. The highest BCUT2D eigenvalue weighted by atomic mass is 19.1. The van der Waals surface area contributed by atoms with E-state index in [4.69, 9.17) is 0 Å². The molecule has 2 aliphatic rings. The summed E-state index contributed by atoms with van der Waals surface area (Å²) in [6, 6.07) is 12.9. The Morgan fingerprint density at radius 3 is 2.69 bits per heavy atom. The van der Waals surface area contributed by atoms with Crippen LogP contribution < -0.4 is 5.32 Å². The maximum Gasteiger partial charge on any atom is 0.143 e. The van der Waals surface area contributed by atoms with Crippen molar-refractivity contribution in [2.75, 3.05) is 44.8 Å². The highest BCUT2D eigenvalue weighted by molar-refractivity contribution is 5.85. The molecule has 0 saturated carbocycles. The summed E-state index contributed by atoms with van der Waals surface area (Å²) in [7, 11) is 0. The number of nitrogens with one attached hydrogen (secondary N) is 2. The minimum Gasteiger partial charge on any atom is -0.393 e. The van der Waals surface area contributed by atoms with Crippen LogP contribution in [0, 0.1) is 5.82 Å². The van der Waals surface area contributed by atoms with Crippen LogP contribution >= 0.6 is 0 Å². The quantitative estimate of drug-likeness (QED) is 0.394. The second-order valence-electron chi connectivity index (χ2n) is 10.6. The fourth-order valence-electron chi connectivity index (χ4n) is 5.72. The molecule has 5 rings (SSSR count). The summed E-state index contributed by atoms with van der Waals surface area (Å²) in [5.41, 5.74) is 2.36. The zero-order chi connectivity index (χ0) is 25.4. The molecule has 0 bridgehead atoms. The fourth-order valence-corrected chi connectivity index (χ4v) is 5.72. The van der Waals surface area contributed by atoms with Crippen LogP contribution in [0.3, 0.4) is 0 Å². The second-order valence-corrected chi connectivity index (χ2v) is 10.6. The normalized spacial score (nSPS) is 22.8. The molecular weight excluding hydrogens is 465 g/mol. The Morgan fingerprint density at radius 1 is 1.19 bits per heavy atom. The van der Waals surface area contributed by atoms with E-state index < -0.39 is 18.3 Å². The number of aliphatic hydroxyl groups is 1. The number of aliphatic hydroxyl groups excluding tert-OH is 1. The lowest BCUT2D eigenvalue weighted by Gasteiger charge is -2.43. The number of hydrogen-bond donors (Lipinski definition) is 3. The van der Waals surface area contributed by atoms with Gasteiger partial charge in [-0.3, -0.25) is 14.2 Å². The van der Waals surface area contributed by atoms with Crippen molar-refractivity contribution in [2.45, 2.75) is 50.5 Å². The Hall–Kier alpha value is -2.55. The summed E-state index contributed by atoms with van der Waals surface area (Å²) in [5, 5.41) is 14.1. The van der Waals surface area contributed by atoms with E-state index in [9.17, 15) is 9.50 Å². The van der Waals surface area contributed by atoms with Gasteiger partial charge in [0.2, 0.25) is 0 Å². The Bertz CT molecular complexity index is 1210. The van der Waals surface area contributed by atoms with Crippen molar-refractivity contribution < 1.29 is 18.3 Å². The summed E-state index contributed by atoms with van der Waals surface area (Å²) >= 11 is 0. The molecule has 5 nitrogen and oxygen atoms in total. The van der Waals surface area contributed by atoms with Crippen LogP contribution in [-0.2, 0) is 6.42 Å². The average molecular weight is 501 g/mol. The number of rotatable bonds is 9. The third kappa shape index (κ3) is 4.86. The lowest BCUT2D eigenvalue weighted by atomic mass is 9.87. The van der Waals surface area contributed by atoms with Crippen LogP contribution in [0.5, 0.6) is 0 Å². The number of para-hydroxylation sites is 1. The van der Waals surface area contributed by atoms with E-state index in [-0.39, 0.29) is 31.1 Å². The lowest BCUT2D eigenvalue weighted by molar-refractivity contribution is 0.0169. The number of halogens is 3. The zero-order valence-electron chi connectivity index (χ0n) is 20.9. The van der Waals surface area contributed by atoms with Crippen LogP contribution in [0.2, 0.25) is 0 Å². The van der Waals surface area contributed by atoms with Crippen molar-refractivity contribution in [3.05, 3.63) is 65.1 Å². The van der Waals surface area contributed by atoms with Gasteiger partial charge < -0.3 is 15.4 Å². The fraction of sp³-hybridized carbons (Fsp3) is 0.500. The van der Waals surface area contributed by atoms with Gasteiger partial charge in [-0.25, -0.2) is 8.78 Å². The number of likely N-dealkylation sites (tertiary alicyclic amines) is 1. The maximum absolute atomic E-state index is 15.7. The Labute approximate surface area is 210 Å². The van der Waals surface area contributed by atoms with Gasteiger partial charge in [-0.2, -0.15) is 0 Å². The molecule has 0 spiro atoms. The van der Waals surface area contributed by atoms with Crippen LogP contribution in [0.15, 0.2) is 42.5 Å². The summed E-state index contributed by atoms with van der Waals surface area (Å²) in [5.74, 6) is -0.355. The molecule has 0 radical (unpaired) electrons. The molecule has 0 aliphatic carbocycles. The van der Waals surface area contributed by atoms with E-state index in [0.29, 0.717) is 24.1 Å². The van der Waals surface area contributed by atoms with Gasteiger partial charge in [0.05, 0.1) is 25.4 Å². The van der Waals surface area contributed by atoms with Gasteiger partial charge in [0.15, 0.2) is 0 Å². The Balaban J connectivity index is 1.46. The number of fused-ring (bicyclic) bond motifs is 3. The Morgan fingerprint density at radius 2 is 1.97 bits per heavy atom.